The molecule has 2 aromatic carbocycles. The van der Waals surface area contributed by atoms with Gasteiger partial charge in [-0.2, -0.15) is 0 Å². The van der Waals surface area contributed by atoms with E-state index in [1.165, 1.54) is 5.56 Å². The largest absolute Gasteiger partial charge is 0.493 e. The van der Waals surface area contributed by atoms with Crippen molar-refractivity contribution in [1.29, 1.82) is 0 Å². The van der Waals surface area contributed by atoms with Crippen LogP contribution in [0.4, 0.5) is 0 Å². The average molecular weight is 357 g/mol. The van der Waals surface area contributed by atoms with Crippen molar-refractivity contribution in [3.8, 4) is 17.2 Å². The molecule has 0 aromatic heterocycles. The Morgan fingerprint density at radius 1 is 0.962 bits per heavy atom. The first-order chi connectivity index (χ1) is 12.7. The van der Waals surface area contributed by atoms with Gasteiger partial charge in [-0.15, -0.1) is 0 Å². The van der Waals surface area contributed by atoms with Crippen LogP contribution in [0.3, 0.4) is 0 Å². The molecular formula is C21H27NO4. The highest BCUT2D eigenvalue weighted by atomic mass is 16.5. The van der Waals surface area contributed by atoms with Gasteiger partial charge in [0.25, 0.3) is 0 Å². The number of hydrogen-bond donors (Lipinski definition) is 0. The van der Waals surface area contributed by atoms with Crippen molar-refractivity contribution < 1.29 is 18.9 Å². The standard InChI is InChI=1S/C21H27NO4/c1-23-19-13-17(14-20(24-2)21(19)25-3)18-9-10-22(11-12-26-18)15-16-7-5-4-6-8-16/h4-8,13-14,18H,9-12,15H2,1-3H3. The number of benzene rings is 2. The van der Waals surface area contributed by atoms with Crippen molar-refractivity contribution in [3.63, 3.8) is 0 Å². The Kier molecular flexibility index (Phi) is 6.36. The van der Waals surface area contributed by atoms with Gasteiger partial charge in [0.1, 0.15) is 0 Å². The van der Waals surface area contributed by atoms with Crippen molar-refractivity contribution in [2.24, 2.45) is 0 Å². The minimum absolute atomic E-state index is 0.0180. The number of methoxy groups -OCH3 is 3. The molecule has 3 rings (SSSR count). The molecule has 0 bridgehead atoms. The summed E-state index contributed by atoms with van der Waals surface area (Å²) in [5.41, 5.74) is 2.39. The fourth-order valence-electron chi connectivity index (χ4n) is 3.37. The van der Waals surface area contributed by atoms with Crippen LogP contribution in [0.15, 0.2) is 42.5 Å². The second-order valence-electron chi connectivity index (χ2n) is 6.37. The number of hydrogen-bond acceptors (Lipinski definition) is 5. The zero-order valence-electron chi connectivity index (χ0n) is 15.7. The summed E-state index contributed by atoms with van der Waals surface area (Å²) in [5.74, 6) is 1.93. The van der Waals surface area contributed by atoms with Crippen molar-refractivity contribution in [1.82, 2.24) is 4.90 Å². The molecule has 1 aliphatic rings. The van der Waals surface area contributed by atoms with Crippen LogP contribution in [-0.2, 0) is 11.3 Å². The van der Waals surface area contributed by atoms with Crippen LogP contribution >= 0.6 is 0 Å². The normalized spacial score (nSPS) is 18.2. The molecule has 1 atom stereocenters. The maximum absolute atomic E-state index is 6.14. The maximum Gasteiger partial charge on any atom is 0.203 e. The fraction of sp³-hybridized carbons (Fsp3) is 0.429. The van der Waals surface area contributed by atoms with Gasteiger partial charge in [0, 0.05) is 19.6 Å². The van der Waals surface area contributed by atoms with Gasteiger partial charge in [-0.25, -0.2) is 0 Å². The summed E-state index contributed by atoms with van der Waals surface area (Å²) in [6.07, 6.45) is 0.940. The lowest BCUT2D eigenvalue weighted by Crippen LogP contribution is -2.25. The van der Waals surface area contributed by atoms with Crippen LogP contribution < -0.4 is 14.2 Å². The molecule has 1 heterocycles. The lowest BCUT2D eigenvalue weighted by molar-refractivity contribution is 0.0612. The Morgan fingerprint density at radius 3 is 2.27 bits per heavy atom. The first-order valence-electron chi connectivity index (χ1n) is 8.93. The Bertz CT molecular complexity index is 679. The van der Waals surface area contributed by atoms with Crippen LogP contribution in [-0.4, -0.2) is 45.9 Å². The van der Waals surface area contributed by atoms with Crippen molar-refractivity contribution in [2.45, 2.75) is 19.1 Å². The van der Waals surface area contributed by atoms with E-state index >= 15 is 0 Å². The average Bonchev–Trinajstić information content (AvgIpc) is 2.93. The van der Waals surface area contributed by atoms with E-state index in [0.29, 0.717) is 23.9 Å². The fourth-order valence-corrected chi connectivity index (χ4v) is 3.37. The van der Waals surface area contributed by atoms with Gasteiger partial charge in [0.2, 0.25) is 5.75 Å². The van der Waals surface area contributed by atoms with Gasteiger partial charge < -0.3 is 18.9 Å². The molecule has 0 N–H and O–H groups in total. The molecule has 0 saturated carbocycles. The molecule has 5 nitrogen and oxygen atoms in total. The minimum atomic E-state index is 0.0180. The third kappa shape index (κ3) is 4.29. The molecule has 2 aromatic rings. The minimum Gasteiger partial charge on any atom is -0.493 e. The van der Waals surface area contributed by atoms with Gasteiger partial charge >= 0.3 is 0 Å². The first kappa shape index (κ1) is 18.5. The lowest BCUT2D eigenvalue weighted by atomic mass is 10.0. The van der Waals surface area contributed by atoms with Crippen molar-refractivity contribution >= 4 is 0 Å². The Morgan fingerprint density at radius 2 is 1.65 bits per heavy atom. The molecule has 1 unspecified atom stereocenters. The number of ether oxygens (including phenoxy) is 4. The van der Waals surface area contributed by atoms with E-state index in [1.807, 2.05) is 12.1 Å². The second-order valence-corrected chi connectivity index (χ2v) is 6.37. The summed E-state index contributed by atoms with van der Waals surface area (Å²) in [5, 5.41) is 0. The summed E-state index contributed by atoms with van der Waals surface area (Å²) >= 11 is 0. The molecular weight excluding hydrogens is 330 g/mol. The van der Waals surface area contributed by atoms with Crippen LogP contribution in [0.25, 0.3) is 0 Å². The predicted octanol–water partition coefficient (Wildman–Crippen LogP) is 3.68. The Labute approximate surface area is 155 Å². The van der Waals surface area contributed by atoms with Gasteiger partial charge in [0.05, 0.1) is 34.0 Å². The third-order valence-electron chi connectivity index (χ3n) is 4.74. The monoisotopic (exact) mass is 357 g/mol. The highest BCUT2D eigenvalue weighted by Crippen LogP contribution is 2.41. The van der Waals surface area contributed by atoms with Gasteiger partial charge in [-0.05, 0) is 29.7 Å². The molecule has 5 heteroatoms. The Balaban J connectivity index is 1.72. The zero-order chi connectivity index (χ0) is 18.4. The molecule has 0 amide bonds. The van der Waals surface area contributed by atoms with E-state index in [4.69, 9.17) is 18.9 Å². The summed E-state index contributed by atoms with van der Waals surface area (Å²) in [4.78, 5) is 2.44. The highest BCUT2D eigenvalue weighted by molar-refractivity contribution is 5.54. The maximum atomic E-state index is 6.14. The van der Waals surface area contributed by atoms with Crippen molar-refractivity contribution in [3.05, 3.63) is 53.6 Å². The van der Waals surface area contributed by atoms with Gasteiger partial charge in [0.15, 0.2) is 11.5 Å². The molecule has 1 fully saturated rings. The zero-order valence-corrected chi connectivity index (χ0v) is 15.7. The second kappa shape index (κ2) is 8.92. The predicted molar refractivity (Wildman–Crippen MR) is 101 cm³/mol. The van der Waals surface area contributed by atoms with Crippen LogP contribution in [0, 0.1) is 0 Å². The summed E-state index contributed by atoms with van der Waals surface area (Å²) in [6.45, 7) is 3.56. The van der Waals surface area contributed by atoms with Crippen molar-refractivity contribution in [2.75, 3.05) is 41.0 Å². The van der Waals surface area contributed by atoms with E-state index in [-0.39, 0.29) is 6.10 Å². The summed E-state index contributed by atoms with van der Waals surface area (Å²) in [6, 6.07) is 14.5. The topological polar surface area (TPSA) is 40.2 Å². The molecule has 140 valence electrons. The number of nitrogens with zero attached hydrogens (tertiary/aromatic N) is 1. The number of rotatable bonds is 6. The molecule has 1 saturated heterocycles. The molecule has 1 aliphatic heterocycles. The highest BCUT2D eigenvalue weighted by Gasteiger charge is 2.22. The molecule has 0 aliphatic carbocycles. The smallest absolute Gasteiger partial charge is 0.203 e. The van der Waals surface area contributed by atoms with Gasteiger partial charge in [-0.3, -0.25) is 4.90 Å². The Hall–Kier alpha value is -2.24. The van der Waals surface area contributed by atoms with Gasteiger partial charge in [-0.1, -0.05) is 30.3 Å². The van der Waals surface area contributed by atoms with E-state index in [2.05, 4.69) is 35.2 Å². The quantitative estimate of drug-likeness (QED) is 0.789. The molecule has 0 spiro atoms. The summed E-state index contributed by atoms with van der Waals surface area (Å²) in [7, 11) is 4.89. The van der Waals surface area contributed by atoms with Crippen LogP contribution in [0.1, 0.15) is 23.7 Å². The summed E-state index contributed by atoms with van der Waals surface area (Å²) < 4.78 is 22.5. The SMILES string of the molecule is COc1cc(C2CCN(Cc3ccccc3)CCO2)cc(OC)c1OC. The lowest BCUT2D eigenvalue weighted by Gasteiger charge is -2.20. The van der Waals surface area contributed by atoms with E-state index in [1.54, 1.807) is 21.3 Å². The third-order valence-corrected chi connectivity index (χ3v) is 4.74. The van der Waals surface area contributed by atoms with Crippen LogP contribution in [0.2, 0.25) is 0 Å². The van der Waals surface area contributed by atoms with Crippen LogP contribution in [0.5, 0.6) is 17.2 Å². The molecule has 26 heavy (non-hydrogen) atoms. The molecule has 0 radical (unpaired) electrons. The van der Waals surface area contributed by atoms with E-state index in [9.17, 15) is 0 Å². The first-order valence-corrected chi connectivity index (χ1v) is 8.93. The van der Waals surface area contributed by atoms with E-state index in [0.717, 1.165) is 31.6 Å². The van der Waals surface area contributed by atoms with E-state index < -0.39 is 0 Å².